The van der Waals surface area contributed by atoms with Gasteiger partial charge in [-0.2, -0.15) is 0 Å². The number of ether oxygens (including phenoxy) is 1. The predicted molar refractivity (Wildman–Crippen MR) is 118 cm³/mol. The van der Waals surface area contributed by atoms with Crippen LogP contribution < -0.4 is 4.72 Å². The number of hydrogen-bond donors (Lipinski definition) is 1. The van der Waals surface area contributed by atoms with Crippen LogP contribution >= 0.6 is 0 Å². The summed E-state index contributed by atoms with van der Waals surface area (Å²) in [5, 5.41) is 0. The van der Waals surface area contributed by atoms with Gasteiger partial charge >= 0.3 is 5.97 Å². The molecule has 1 aliphatic carbocycles. The van der Waals surface area contributed by atoms with Gasteiger partial charge in [0.15, 0.2) is 6.61 Å². The largest absolute Gasteiger partial charge is 0.452 e. The maximum Gasteiger partial charge on any atom is 0.340 e. The molecule has 0 atom stereocenters. The second-order valence-electron chi connectivity index (χ2n) is 7.92. The van der Waals surface area contributed by atoms with E-state index in [4.69, 9.17) is 4.74 Å². The molecule has 7 nitrogen and oxygen atoms in total. The van der Waals surface area contributed by atoms with E-state index in [9.17, 15) is 22.4 Å². The molecule has 2 aromatic carbocycles. The molecule has 9 heteroatoms. The quantitative estimate of drug-likeness (QED) is 0.543. The molecule has 0 aromatic heterocycles. The molecule has 32 heavy (non-hydrogen) atoms. The molecule has 1 fully saturated rings. The maximum atomic E-state index is 13.4. The fourth-order valence-electron chi connectivity index (χ4n) is 3.36. The highest BCUT2D eigenvalue weighted by molar-refractivity contribution is 7.92. The highest BCUT2D eigenvalue weighted by atomic mass is 32.2. The van der Waals surface area contributed by atoms with Gasteiger partial charge in [0.2, 0.25) is 0 Å². The fraction of sp³-hybridized carbons (Fsp3) is 0.391. The Morgan fingerprint density at radius 1 is 1.19 bits per heavy atom. The third-order valence-electron chi connectivity index (χ3n) is 5.17. The number of aryl methyl sites for hydroxylation is 1. The molecule has 1 amide bonds. The number of carbonyl (C=O) groups is 2. The van der Waals surface area contributed by atoms with E-state index in [1.165, 1.54) is 19.1 Å². The first kappa shape index (κ1) is 23.7. The van der Waals surface area contributed by atoms with Crippen LogP contribution in [0, 0.1) is 18.7 Å². The molecule has 1 N–H and O–H groups in total. The van der Waals surface area contributed by atoms with Gasteiger partial charge in [0.1, 0.15) is 5.82 Å². The lowest BCUT2D eigenvalue weighted by Crippen LogP contribution is -2.36. The van der Waals surface area contributed by atoms with Crippen LogP contribution in [0.2, 0.25) is 0 Å². The molecular weight excluding hydrogens is 435 g/mol. The van der Waals surface area contributed by atoms with Gasteiger partial charge in [0.05, 0.1) is 16.1 Å². The molecule has 3 rings (SSSR count). The zero-order valence-corrected chi connectivity index (χ0v) is 19.0. The summed E-state index contributed by atoms with van der Waals surface area (Å²) in [6, 6.07) is 9.29. The molecule has 2 aromatic rings. The minimum Gasteiger partial charge on any atom is -0.452 e. The number of nitrogens with one attached hydrogen (secondary N) is 1. The molecule has 0 spiro atoms. The lowest BCUT2D eigenvalue weighted by atomic mass is 10.2. The van der Waals surface area contributed by atoms with Crippen LogP contribution in [0.15, 0.2) is 47.4 Å². The van der Waals surface area contributed by atoms with Crippen LogP contribution in [0.1, 0.15) is 42.1 Å². The number of para-hydroxylation sites is 1. The Balaban J connectivity index is 1.71. The van der Waals surface area contributed by atoms with Gasteiger partial charge in [-0.25, -0.2) is 17.6 Å². The Hall–Kier alpha value is -2.94. The van der Waals surface area contributed by atoms with E-state index in [-0.39, 0.29) is 27.6 Å². The van der Waals surface area contributed by atoms with Gasteiger partial charge in [-0.15, -0.1) is 0 Å². The average Bonchev–Trinajstić information content (AvgIpc) is 3.55. The summed E-state index contributed by atoms with van der Waals surface area (Å²) >= 11 is 0. The summed E-state index contributed by atoms with van der Waals surface area (Å²) in [5.41, 5.74) is 0.222. The Labute approximate surface area is 187 Å². The molecule has 0 saturated heterocycles. The van der Waals surface area contributed by atoms with E-state index in [1.54, 1.807) is 17.0 Å². The Morgan fingerprint density at radius 2 is 1.91 bits per heavy atom. The Kier molecular flexibility index (Phi) is 7.50. The van der Waals surface area contributed by atoms with Crippen molar-refractivity contribution >= 4 is 27.6 Å². The van der Waals surface area contributed by atoms with Crippen molar-refractivity contribution in [2.45, 2.75) is 38.0 Å². The lowest BCUT2D eigenvalue weighted by Gasteiger charge is -2.22. The number of esters is 1. The van der Waals surface area contributed by atoms with Crippen molar-refractivity contribution in [3.8, 4) is 0 Å². The standard InChI is InChI=1S/C23H27FN2O5S/c1-3-12-26(14-17-8-9-17)22(27)15-31-23(28)19-6-4-5-7-20(19)25-32(29,30)21-11-10-18(24)13-16(21)2/h4-7,10-11,13,17,25H,3,8-9,12,14-15H2,1-2H3. The van der Waals surface area contributed by atoms with Crippen molar-refractivity contribution in [2.75, 3.05) is 24.4 Å². The summed E-state index contributed by atoms with van der Waals surface area (Å²) in [7, 11) is -4.07. The molecule has 1 aliphatic rings. The van der Waals surface area contributed by atoms with E-state index in [2.05, 4.69) is 4.72 Å². The molecule has 0 heterocycles. The SMILES string of the molecule is CCCN(CC1CC1)C(=O)COC(=O)c1ccccc1NS(=O)(=O)c1ccc(F)cc1C. The number of benzene rings is 2. The number of halogens is 1. The molecule has 0 aliphatic heterocycles. The minimum atomic E-state index is -4.07. The predicted octanol–water partition coefficient (Wildman–Crippen LogP) is 3.74. The lowest BCUT2D eigenvalue weighted by molar-refractivity contribution is -0.134. The molecule has 0 bridgehead atoms. The zero-order valence-electron chi connectivity index (χ0n) is 18.1. The van der Waals surface area contributed by atoms with Gasteiger partial charge in [-0.1, -0.05) is 19.1 Å². The van der Waals surface area contributed by atoms with E-state index in [0.29, 0.717) is 19.0 Å². The molecule has 1 saturated carbocycles. The first-order valence-electron chi connectivity index (χ1n) is 10.5. The second-order valence-corrected chi connectivity index (χ2v) is 9.57. The number of amides is 1. The van der Waals surface area contributed by atoms with Gasteiger partial charge in [0, 0.05) is 13.1 Å². The third kappa shape index (κ3) is 6.06. The first-order valence-corrected chi connectivity index (χ1v) is 12.0. The van der Waals surface area contributed by atoms with Crippen LogP contribution in [0.25, 0.3) is 0 Å². The minimum absolute atomic E-state index is 0.0112. The monoisotopic (exact) mass is 462 g/mol. The van der Waals surface area contributed by atoms with Crippen LogP contribution in [0.5, 0.6) is 0 Å². The summed E-state index contributed by atoms with van der Waals surface area (Å²) < 4.78 is 46.5. The number of hydrogen-bond acceptors (Lipinski definition) is 5. The van der Waals surface area contributed by atoms with Crippen LogP contribution in [0.4, 0.5) is 10.1 Å². The van der Waals surface area contributed by atoms with E-state index >= 15 is 0 Å². The topological polar surface area (TPSA) is 92.8 Å². The summed E-state index contributed by atoms with van der Waals surface area (Å²) in [4.78, 5) is 26.7. The zero-order chi connectivity index (χ0) is 23.3. The van der Waals surface area contributed by atoms with Crippen LogP contribution in [-0.4, -0.2) is 44.9 Å². The van der Waals surface area contributed by atoms with Gasteiger partial charge in [0.25, 0.3) is 15.9 Å². The van der Waals surface area contributed by atoms with E-state index < -0.39 is 28.4 Å². The maximum absolute atomic E-state index is 13.4. The third-order valence-corrected chi connectivity index (χ3v) is 6.69. The second kappa shape index (κ2) is 10.1. The van der Waals surface area contributed by atoms with Crippen molar-refractivity contribution in [1.82, 2.24) is 4.90 Å². The smallest absolute Gasteiger partial charge is 0.340 e. The number of sulfonamides is 1. The number of nitrogens with zero attached hydrogens (tertiary/aromatic N) is 1. The van der Waals surface area contributed by atoms with Gasteiger partial charge < -0.3 is 9.64 Å². The van der Waals surface area contributed by atoms with Crippen molar-refractivity contribution < 1.29 is 27.1 Å². The normalized spacial score (nSPS) is 13.5. The van der Waals surface area contributed by atoms with E-state index in [1.807, 2.05) is 6.92 Å². The number of anilines is 1. The molecular formula is C23H27FN2O5S. The van der Waals surface area contributed by atoms with Crippen molar-refractivity contribution in [2.24, 2.45) is 5.92 Å². The Bertz CT molecular complexity index is 1100. The van der Waals surface area contributed by atoms with E-state index in [0.717, 1.165) is 37.5 Å². The number of rotatable bonds is 10. The summed E-state index contributed by atoms with van der Waals surface area (Å²) in [5.74, 6) is -1.11. The van der Waals surface area contributed by atoms with Crippen LogP contribution in [-0.2, 0) is 19.6 Å². The van der Waals surface area contributed by atoms with Crippen LogP contribution in [0.3, 0.4) is 0 Å². The highest BCUT2D eigenvalue weighted by Gasteiger charge is 2.27. The van der Waals surface area contributed by atoms with Crippen molar-refractivity contribution in [3.05, 3.63) is 59.4 Å². The average molecular weight is 463 g/mol. The Morgan fingerprint density at radius 3 is 2.56 bits per heavy atom. The van der Waals surface area contributed by atoms with Gasteiger partial charge in [-0.3, -0.25) is 9.52 Å². The first-order chi connectivity index (χ1) is 15.2. The fourth-order valence-corrected chi connectivity index (χ4v) is 4.67. The number of carbonyl (C=O) groups excluding carboxylic acids is 2. The van der Waals surface area contributed by atoms with Crippen molar-refractivity contribution in [1.29, 1.82) is 0 Å². The molecule has 0 unspecified atom stereocenters. The highest BCUT2D eigenvalue weighted by Crippen LogP contribution is 2.30. The summed E-state index contributed by atoms with van der Waals surface area (Å²) in [6.07, 6.45) is 3.02. The summed E-state index contributed by atoms with van der Waals surface area (Å²) in [6.45, 7) is 4.30. The van der Waals surface area contributed by atoms with Gasteiger partial charge in [-0.05, 0) is 68.0 Å². The molecule has 172 valence electrons. The molecule has 0 radical (unpaired) electrons. The van der Waals surface area contributed by atoms with Crippen molar-refractivity contribution in [3.63, 3.8) is 0 Å².